The predicted octanol–water partition coefficient (Wildman–Crippen LogP) is 10.3. The second-order valence-corrected chi connectivity index (χ2v) is 12.9. The van der Waals surface area contributed by atoms with Gasteiger partial charge < -0.3 is 18.9 Å². The molecule has 5 rings (SSSR count). The lowest BCUT2D eigenvalue weighted by Crippen LogP contribution is -2.37. The first-order chi connectivity index (χ1) is 21.3. The van der Waals surface area contributed by atoms with Crippen molar-refractivity contribution >= 4 is 0 Å². The smallest absolute Gasteiger partial charge is 0.400 e. The number of halogens is 5. The molecule has 2 saturated carbocycles. The molecular weight excluding hydrogens is 579 g/mol. The molecule has 0 amide bonds. The van der Waals surface area contributed by atoms with Gasteiger partial charge in [-0.3, -0.25) is 0 Å². The highest BCUT2D eigenvalue weighted by atomic mass is 19.3. The molecule has 0 N–H and O–H groups in total. The van der Waals surface area contributed by atoms with Gasteiger partial charge in [0.2, 0.25) is 6.86 Å². The molecule has 4 nitrogen and oxygen atoms in total. The molecule has 2 aromatic rings. The highest BCUT2D eigenvalue weighted by Crippen LogP contribution is 2.45. The number of ether oxygens (including phenoxy) is 4. The highest BCUT2D eigenvalue weighted by molar-refractivity contribution is 5.33. The molecule has 1 aliphatic heterocycles. The van der Waals surface area contributed by atoms with Crippen LogP contribution in [0.3, 0.4) is 0 Å². The average Bonchev–Trinajstić information content (AvgIpc) is 3.03. The van der Waals surface area contributed by atoms with Gasteiger partial charge in [0, 0.05) is 17.5 Å². The molecule has 0 bridgehead atoms. The summed E-state index contributed by atoms with van der Waals surface area (Å²) in [5.41, 5.74) is 1.14. The summed E-state index contributed by atoms with van der Waals surface area (Å²) in [5.74, 6) is -1.56. The number of hydrogen-bond donors (Lipinski definition) is 0. The molecule has 0 unspecified atom stereocenters. The van der Waals surface area contributed by atoms with Crippen LogP contribution in [0.1, 0.15) is 107 Å². The maximum absolute atomic E-state index is 15.3. The third-order valence-corrected chi connectivity index (χ3v) is 10.0. The number of benzene rings is 2. The van der Waals surface area contributed by atoms with Crippen molar-refractivity contribution in [1.82, 2.24) is 0 Å². The molecule has 0 spiro atoms. The fourth-order valence-corrected chi connectivity index (χ4v) is 7.34. The summed E-state index contributed by atoms with van der Waals surface area (Å²) < 4.78 is 92.8. The Kier molecular flexibility index (Phi) is 11.4. The van der Waals surface area contributed by atoms with E-state index in [1.165, 1.54) is 57.4 Å². The minimum Gasteiger partial charge on any atom is -0.460 e. The van der Waals surface area contributed by atoms with Crippen LogP contribution < -0.4 is 9.47 Å². The molecule has 9 heteroatoms. The van der Waals surface area contributed by atoms with Crippen LogP contribution in [-0.4, -0.2) is 26.2 Å². The van der Waals surface area contributed by atoms with Crippen molar-refractivity contribution in [1.29, 1.82) is 0 Å². The van der Waals surface area contributed by atoms with Crippen LogP contribution >= 0.6 is 0 Å². The Hall–Kier alpha value is -2.39. The fourth-order valence-electron chi connectivity index (χ4n) is 7.34. The summed E-state index contributed by atoms with van der Waals surface area (Å²) in [4.78, 5) is 0. The van der Waals surface area contributed by atoms with Crippen molar-refractivity contribution in [2.24, 2.45) is 23.7 Å². The highest BCUT2D eigenvalue weighted by Gasteiger charge is 2.44. The minimum absolute atomic E-state index is 0.126. The summed E-state index contributed by atoms with van der Waals surface area (Å²) in [6.07, 6.45) is 7.17. The molecule has 0 atom stereocenters. The Morgan fingerprint density at radius 3 is 2.18 bits per heavy atom. The standard InChI is InChI=1S/C35H45F5O4/c1-2-3-4-5-23-6-8-24(9-7-23)27-20-41-34(42-21-27)26-12-16-30(31(37)18-26)25-10-13-28(14-11-25)35(39,40)44-29-15-17-33(43-22-36)32(38)19-29/h12,15-19,23-25,27-28,34H,2-11,13-14,20-22H2,1H3. The number of unbranched alkanes of at least 4 members (excludes halogenated alkanes) is 2. The third-order valence-electron chi connectivity index (χ3n) is 10.0. The minimum atomic E-state index is -3.54. The average molecular weight is 625 g/mol. The number of rotatable bonds is 12. The normalized spacial score (nSPS) is 28.0. The lowest BCUT2D eigenvalue weighted by molar-refractivity contribution is -0.222. The van der Waals surface area contributed by atoms with Crippen molar-refractivity contribution in [3.63, 3.8) is 0 Å². The van der Waals surface area contributed by atoms with Crippen molar-refractivity contribution in [2.45, 2.75) is 102 Å². The van der Waals surface area contributed by atoms with E-state index in [2.05, 4.69) is 11.7 Å². The van der Waals surface area contributed by atoms with Crippen LogP contribution in [0.5, 0.6) is 11.5 Å². The maximum atomic E-state index is 15.3. The second kappa shape index (κ2) is 15.3. The molecule has 2 aliphatic carbocycles. The van der Waals surface area contributed by atoms with Crippen molar-refractivity contribution < 1.29 is 40.9 Å². The maximum Gasteiger partial charge on any atom is 0.400 e. The van der Waals surface area contributed by atoms with Gasteiger partial charge >= 0.3 is 6.11 Å². The van der Waals surface area contributed by atoms with E-state index < -0.39 is 31.0 Å². The second-order valence-electron chi connectivity index (χ2n) is 12.9. The van der Waals surface area contributed by atoms with Crippen LogP contribution in [0.4, 0.5) is 22.0 Å². The van der Waals surface area contributed by atoms with Gasteiger partial charge in [-0.1, -0.05) is 57.6 Å². The van der Waals surface area contributed by atoms with Gasteiger partial charge in [-0.2, -0.15) is 8.78 Å². The lowest BCUT2D eigenvalue weighted by atomic mass is 9.74. The lowest BCUT2D eigenvalue weighted by Gasteiger charge is -2.38. The van der Waals surface area contributed by atoms with Gasteiger partial charge in [0.05, 0.1) is 19.1 Å². The largest absolute Gasteiger partial charge is 0.460 e. The quantitative estimate of drug-likeness (QED) is 0.174. The zero-order chi connectivity index (χ0) is 31.1. The molecule has 3 fully saturated rings. The van der Waals surface area contributed by atoms with E-state index in [4.69, 9.17) is 14.2 Å². The van der Waals surface area contributed by atoms with Crippen LogP contribution in [0.25, 0.3) is 0 Å². The van der Waals surface area contributed by atoms with E-state index in [-0.39, 0.29) is 36.1 Å². The van der Waals surface area contributed by atoms with E-state index in [0.29, 0.717) is 49.0 Å². The van der Waals surface area contributed by atoms with Gasteiger partial charge in [-0.05, 0) is 80.0 Å². The molecule has 244 valence electrons. The molecular formula is C35H45F5O4. The van der Waals surface area contributed by atoms with Crippen LogP contribution in [-0.2, 0) is 9.47 Å². The van der Waals surface area contributed by atoms with Crippen molar-refractivity contribution in [2.75, 3.05) is 20.1 Å². The van der Waals surface area contributed by atoms with Gasteiger partial charge in [0.15, 0.2) is 17.9 Å². The van der Waals surface area contributed by atoms with Gasteiger partial charge in [-0.25, -0.2) is 13.2 Å². The molecule has 0 aromatic heterocycles. The zero-order valence-electron chi connectivity index (χ0n) is 25.6. The summed E-state index contributed by atoms with van der Waals surface area (Å²) >= 11 is 0. The molecule has 0 radical (unpaired) electrons. The Bertz CT molecular complexity index is 1190. The van der Waals surface area contributed by atoms with E-state index in [1.807, 2.05) is 6.07 Å². The zero-order valence-corrected chi connectivity index (χ0v) is 25.6. The molecule has 2 aromatic carbocycles. The third kappa shape index (κ3) is 8.25. The van der Waals surface area contributed by atoms with E-state index >= 15 is 4.39 Å². The van der Waals surface area contributed by atoms with E-state index in [9.17, 15) is 17.6 Å². The predicted molar refractivity (Wildman–Crippen MR) is 157 cm³/mol. The Balaban J connectivity index is 1.08. The first-order valence-corrected chi connectivity index (χ1v) is 16.3. The SMILES string of the molecule is CCCCCC1CCC(C2COC(c3ccc(C4CCC(C(F)(F)Oc5ccc(OCF)c(F)c5)CC4)c(F)c3)OC2)CC1. The Morgan fingerprint density at radius 2 is 1.55 bits per heavy atom. The van der Waals surface area contributed by atoms with Crippen molar-refractivity contribution in [3.05, 3.63) is 59.2 Å². The number of alkyl halides is 3. The topological polar surface area (TPSA) is 36.9 Å². The van der Waals surface area contributed by atoms with Gasteiger partial charge in [0.1, 0.15) is 11.6 Å². The summed E-state index contributed by atoms with van der Waals surface area (Å²) in [7, 11) is 0. The first kappa shape index (κ1) is 33.0. The summed E-state index contributed by atoms with van der Waals surface area (Å²) in [6, 6.07) is 7.92. The van der Waals surface area contributed by atoms with E-state index in [0.717, 1.165) is 24.1 Å². The van der Waals surface area contributed by atoms with Gasteiger partial charge in [-0.15, -0.1) is 0 Å². The van der Waals surface area contributed by atoms with Gasteiger partial charge in [0.25, 0.3) is 0 Å². The molecule has 1 heterocycles. The van der Waals surface area contributed by atoms with Crippen LogP contribution in [0.15, 0.2) is 36.4 Å². The molecule has 3 aliphatic rings. The van der Waals surface area contributed by atoms with E-state index in [1.54, 1.807) is 6.07 Å². The monoisotopic (exact) mass is 624 g/mol. The Morgan fingerprint density at radius 1 is 0.818 bits per heavy atom. The van der Waals surface area contributed by atoms with Crippen LogP contribution in [0.2, 0.25) is 0 Å². The fraction of sp³-hybridized carbons (Fsp3) is 0.657. The Labute approximate surface area is 257 Å². The van der Waals surface area contributed by atoms with Crippen LogP contribution in [0, 0.1) is 35.3 Å². The summed E-state index contributed by atoms with van der Waals surface area (Å²) in [6.45, 7) is 2.24. The van der Waals surface area contributed by atoms with Crippen molar-refractivity contribution in [3.8, 4) is 11.5 Å². The number of hydrogen-bond acceptors (Lipinski definition) is 4. The first-order valence-electron chi connectivity index (χ1n) is 16.3. The summed E-state index contributed by atoms with van der Waals surface area (Å²) in [5, 5.41) is 0. The molecule has 1 saturated heterocycles. The molecule has 44 heavy (non-hydrogen) atoms.